The van der Waals surface area contributed by atoms with Crippen LogP contribution in [-0.2, 0) is 14.0 Å². The minimum absolute atomic E-state index is 0.0265. The van der Waals surface area contributed by atoms with Gasteiger partial charge in [-0.2, -0.15) is 13.2 Å². The van der Waals surface area contributed by atoms with Gasteiger partial charge in [0.25, 0.3) is 0 Å². The summed E-state index contributed by atoms with van der Waals surface area (Å²) in [6.07, 6.45) is -1.33. The molecule has 0 N–H and O–H groups in total. The van der Waals surface area contributed by atoms with Gasteiger partial charge in [-0.3, -0.25) is 4.79 Å². The van der Waals surface area contributed by atoms with Crippen LogP contribution in [0.15, 0.2) is 0 Å². The van der Waals surface area contributed by atoms with E-state index in [2.05, 4.69) is 45.5 Å². The van der Waals surface area contributed by atoms with Crippen LogP contribution in [0.2, 0.25) is 18.1 Å². The lowest BCUT2D eigenvalue weighted by molar-refractivity contribution is -0.219. The Bertz CT molecular complexity index is 512. The van der Waals surface area contributed by atoms with E-state index in [1.54, 1.807) is 0 Å². The third kappa shape index (κ3) is 3.26. The Labute approximate surface area is 143 Å². The highest BCUT2D eigenvalue weighted by atomic mass is 28.4. The molecule has 2 rings (SSSR count). The standard InChI is InChI=1S/C17H29F3O3Si/c1-14(2,3)24(5,6)23-16-9-7-8-15(16,4)10-12(16)13(21)22-11-17(18,19)20/h12H,7-11H2,1-6H3/t12-,15+,16+/m0/s1. The smallest absolute Gasteiger partial charge is 0.422 e. The monoisotopic (exact) mass is 366 g/mol. The number of hydrogen-bond acceptors (Lipinski definition) is 3. The molecule has 3 nitrogen and oxygen atoms in total. The van der Waals surface area contributed by atoms with E-state index in [0.29, 0.717) is 6.42 Å². The highest BCUT2D eigenvalue weighted by Crippen LogP contribution is 2.67. The van der Waals surface area contributed by atoms with Crippen molar-refractivity contribution in [1.82, 2.24) is 0 Å². The lowest BCUT2D eigenvalue weighted by atomic mass is 9.53. The van der Waals surface area contributed by atoms with Crippen LogP contribution in [0.3, 0.4) is 0 Å². The average molecular weight is 366 g/mol. The number of fused-ring (bicyclic) bond motifs is 1. The predicted molar refractivity (Wildman–Crippen MR) is 88.1 cm³/mol. The van der Waals surface area contributed by atoms with Gasteiger partial charge in [0.1, 0.15) is 0 Å². The molecule has 2 saturated carbocycles. The third-order valence-corrected chi connectivity index (χ3v) is 10.9. The Balaban J connectivity index is 2.21. The highest BCUT2D eigenvalue weighted by Gasteiger charge is 2.70. The fourth-order valence-electron chi connectivity index (χ4n) is 3.99. The zero-order valence-electron chi connectivity index (χ0n) is 15.5. The molecule has 0 aromatic heterocycles. The van der Waals surface area contributed by atoms with Gasteiger partial charge in [-0.15, -0.1) is 0 Å². The summed E-state index contributed by atoms with van der Waals surface area (Å²) in [4.78, 5) is 12.3. The van der Waals surface area contributed by atoms with Crippen molar-refractivity contribution in [2.24, 2.45) is 11.3 Å². The molecule has 140 valence electrons. The fraction of sp³-hybridized carbons (Fsp3) is 0.941. The zero-order valence-corrected chi connectivity index (χ0v) is 16.5. The molecular formula is C17H29F3O3Si. The lowest BCUT2D eigenvalue weighted by Crippen LogP contribution is -2.68. The van der Waals surface area contributed by atoms with Gasteiger partial charge in [0.05, 0.1) is 11.5 Å². The maximum absolute atomic E-state index is 12.4. The van der Waals surface area contributed by atoms with Crippen LogP contribution in [0.25, 0.3) is 0 Å². The Hall–Kier alpha value is -0.563. The van der Waals surface area contributed by atoms with E-state index in [9.17, 15) is 18.0 Å². The van der Waals surface area contributed by atoms with Gasteiger partial charge in [0.15, 0.2) is 14.9 Å². The summed E-state index contributed by atoms with van der Waals surface area (Å²) < 4.78 is 48.3. The normalized spacial score (nSPS) is 33.8. The molecule has 0 spiro atoms. The average Bonchev–Trinajstić information content (AvgIpc) is 2.60. The Morgan fingerprint density at radius 2 is 1.79 bits per heavy atom. The first kappa shape index (κ1) is 19.8. The highest BCUT2D eigenvalue weighted by molar-refractivity contribution is 6.74. The van der Waals surface area contributed by atoms with Gasteiger partial charge >= 0.3 is 12.1 Å². The van der Waals surface area contributed by atoms with E-state index in [-0.39, 0.29) is 10.5 Å². The predicted octanol–water partition coefficient (Wildman–Crippen LogP) is 5.06. The molecule has 0 aromatic carbocycles. The summed E-state index contributed by atoms with van der Waals surface area (Å²) in [7, 11) is -2.16. The molecule has 2 aliphatic carbocycles. The minimum Gasteiger partial charge on any atom is -0.456 e. The maximum Gasteiger partial charge on any atom is 0.422 e. The van der Waals surface area contributed by atoms with Crippen molar-refractivity contribution in [3.05, 3.63) is 0 Å². The van der Waals surface area contributed by atoms with Crippen LogP contribution in [0.4, 0.5) is 13.2 Å². The molecule has 0 heterocycles. The number of carbonyl (C=O) groups is 1. The number of ether oxygens (including phenoxy) is 1. The molecule has 2 fully saturated rings. The van der Waals surface area contributed by atoms with Crippen LogP contribution in [0.1, 0.15) is 53.4 Å². The van der Waals surface area contributed by atoms with E-state index >= 15 is 0 Å². The molecule has 3 atom stereocenters. The SMILES string of the molecule is CC(C)(C)[Si](C)(C)O[C@@]12CCC[C@]1(C)C[C@H]2C(=O)OCC(F)(F)F. The quantitative estimate of drug-likeness (QED) is 0.515. The first-order valence-corrected chi connectivity index (χ1v) is 11.5. The van der Waals surface area contributed by atoms with Crippen molar-refractivity contribution < 1.29 is 27.1 Å². The summed E-state index contributed by atoms with van der Waals surface area (Å²) in [6.45, 7) is 11.2. The van der Waals surface area contributed by atoms with Gasteiger partial charge in [-0.1, -0.05) is 27.7 Å². The van der Waals surface area contributed by atoms with E-state index < -0.39 is 38.6 Å². The molecule has 7 heteroatoms. The number of halogens is 3. The molecule has 0 aromatic rings. The van der Waals surface area contributed by atoms with Crippen LogP contribution in [0, 0.1) is 11.3 Å². The number of carbonyl (C=O) groups excluding carboxylic acids is 1. The van der Waals surface area contributed by atoms with Crippen LogP contribution in [0.5, 0.6) is 0 Å². The largest absolute Gasteiger partial charge is 0.456 e. The van der Waals surface area contributed by atoms with Crippen LogP contribution in [-0.4, -0.2) is 32.7 Å². The molecule has 0 amide bonds. The van der Waals surface area contributed by atoms with Crippen molar-refractivity contribution in [2.75, 3.05) is 6.61 Å². The summed E-state index contributed by atoms with van der Waals surface area (Å²) in [5.41, 5.74) is -0.789. The van der Waals surface area contributed by atoms with Crippen molar-refractivity contribution in [2.45, 2.75) is 83.3 Å². The van der Waals surface area contributed by atoms with Crippen molar-refractivity contribution in [3.63, 3.8) is 0 Å². The first-order valence-electron chi connectivity index (χ1n) is 8.57. The number of alkyl halides is 3. The second-order valence-corrected chi connectivity index (χ2v) is 13.9. The van der Waals surface area contributed by atoms with Crippen LogP contribution < -0.4 is 0 Å². The van der Waals surface area contributed by atoms with Gasteiger partial charge in [-0.25, -0.2) is 0 Å². The number of esters is 1. The number of rotatable bonds is 4. The molecule has 0 unspecified atom stereocenters. The van der Waals surface area contributed by atoms with Crippen LogP contribution >= 0.6 is 0 Å². The Morgan fingerprint density at radius 3 is 2.25 bits per heavy atom. The molecule has 2 aliphatic rings. The summed E-state index contributed by atoms with van der Waals surface area (Å²) >= 11 is 0. The summed E-state index contributed by atoms with van der Waals surface area (Å²) in [6, 6.07) is 0. The minimum atomic E-state index is -4.49. The van der Waals surface area contributed by atoms with Gasteiger partial charge in [0.2, 0.25) is 0 Å². The maximum atomic E-state index is 12.4. The van der Waals surface area contributed by atoms with Gasteiger partial charge < -0.3 is 9.16 Å². The molecule has 0 bridgehead atoms. The van der Waals surface area contributed by atoms with Gasteiger partial charge in [-0.05, 0) is 49.2 Å². The van der Waals surface area contributed by atoms with E-state index in [4.69, 9.17) is 4.43 Å². The van der Waals surface area contributed by atoms with Gasteiger partial charge in [0, 0.05) is 0 Å². The first-order chi connectivity index (χ1) is 10.6. The topological polar surface area (TPSA) is 35.5 Å². The second-order valence-electron chi connectivity index (χ2n) is 9.15. The number of hydrogen-bond donors (Lipinski definition) is 0. The van der Waals surface area contributed by atoms with E-state index in [1.165, 1.54) is 0 Å². The molecule has 0 radical (unpaired) electrons. The lowest BCUT2D eigenvalue weighted by Gasteiger charge is -2.61. The van der Waals surface area contributed by atoms with Crippen molar-refractivity contribution >= 4 is 14.3 Å². The Morgan fingerprint density at radius 1 is 1.21 bits per heavy atom. The molecule has 24 heavy (non-hydrogen) atoms. The van der Waals surface area contributed by atoms with E-state index in [0.717, 1.165) is 19.3 Å². The third-order valence-electron chi connectivity index (χ3n) is 6.42. The summed E-state index contributed by atoms with van der Waals surface area (Å²) in [5, 5.41) is -0.0265. The van der Waals surface area contributed by atoms with Crippen molar-refractivity contribution in [1.29, 1.82) is 0 Å². The second kappa shape index (κ2) is 5.73. The zero-order chi connectivity index (χ0) is 18.6. The Kier molecular flexibility index (Phi) is 4.71. The van der Waals surface area contributed by atoms with Crippen molar-refractivity contribution in [3.8, 4) is 0 Å². The molecular weight excluding hydrogens is 337 g/mol. The van der Waals surface area contributed by atoms with E-state index in [1.807, 2.05) is 0 Å². The molecule has 0 saturated heterocycles. The fourth-order valence-corrected chi connectivity index (χ4v) is 5.70. The summed E-state index contributed by atoms with van der Waals surface area (Å²) in [5.74, 6) is -1.34. The molecule has 0 aliphatic heterocycles.